The van der Waals surface area contributed by atoms with E-state index in [1.807, 2.05) is 0 Å². The predicted octanol–water partition coefficient (Wildman–Crippen LogP) is 2.03. The van der Waals surface area contributed by atoms with Crippen LogP contribution in [0.3, 0.4) is 0 Å². The van der Waals surface area contributed by atoms with Crippen LogP contribution in [0.2, 0.25) is 0 Å². The number of carbonyl (C=O) groups is 2. The number of nitro benzene ring substituents is 1. The van der Waals surface area contributed by atoms with E-state index in [2.05, 4.69) is 0 Å². The minimum absolute atomic E-state index is 0.0129. The van der Waals surface area contributed by atoms with Crippen LogP contribution in [0.5, 0.6) is 5.75 Å². The number of rotatable bonds is 9. The number of para-hydroxylation sites is 1. The van der Waals surface area contributed by atoms with Crippen LogP contribution in [0, 0.1) is 10.1 Å². The van der Waals surface area contributed by atoms with Crippen LogP contribution in [0.25, 0.3) is 5.76 Å². The van der Waals surface area contributed by atoms with Crippen molar-refractivity contribution in [2.24, 2.45) is 0 Å². The zero-order valence-electron chi connectivity index (χ0n) is 17.3. The second kappa shape index (κ2) is 10.0. The first-order valence-electron chi connectivity index (χ1n) is 9.75. The van der Waals surface area contributed by atoms with Crippen molar-refractivity contribution in [1.29, 1.82) is 0 Å². The summed E-state index contributed by atoms with van der Waals surface area (Å²) in [4.78, 5) is 37.6. The molecule has 1 saturated heterocycles. The Labute approximate surface area is 183 Å². The summed E-state index contributed by atoms with van der Waals surface area (Å²) < 4.78 is 10.6. The van der Waals surface area contributed by atoms with Gasteiger partial charge in [-0.2, -0.15) is 0 Å². The Morgan fingerprint density at radius 2 is 1.91 bits per heavy atom. The number of methoxy groups -OCH3 is 1. The molecule has 32 heavy (non-hydrogen) atoms. The number of benzene rings is 2. The van der Waals surface area contributed by atoms with Crippen molar-refractivity contribution in [3.05, 3.63) is 75.3 Å². The molecule has 0 spiro atoms. The van der Waals surface area contributed by atoms with Crippen LogP contribution >= 0.6 is 0 Å². The monoisotopic (exact) mass is 442 g/mol. The fourth-order valence-corrected chi connectivity index (χ4v) is 3.58. The Morgan fingerprint density at radius 3 is 2.59 bits per heavy atom. The Bertz CT molecular complexity index is 1070. The molecule has 1 fully saturated rings. The van der Waals surface area contributed by atoms with Gasteiger partial charge in [0.25, 0.3) is 17.4 Å². The highest BCUT2D eigenvalue weighted by atomic mass is 16.6. The van der Waals surface area contributed by atoms with Gasteiger partial charge in [0.15, 0.2) is 0 Å². The summed E-state index contributed by atoms with van der Waals surface area (Å²) in [6.07, 6.45) is 0. The van der Waals surface area contributed by atoms with Crippen LogP contribution in [0.15, 0.2) is 54.1 Å². The number of carbonyl (C=O) groups excluding carboxylic acids is 2. The highest BCUT2D eigenvalue weighted by Gasteiger charge is 2.46. The molecular formula is C22H22N2O8. The summed E-state index contributed by atoms with van der Waals surface area (Å²) >= 11 is 0. The molecule has 2 N–H and O–H groups in total. The summed E-state index contributed by atoms with van der Waals surface area (Å²) in [5.41, 5.74) is 0.0219. The van der Waals surface area contributed by atoms with Crippen LogP contribution in [0.1, 0.15) is 17.2 Å². The maximum atomic E-state index is 13.0. The van der Waals surface area contributed by atoms with E-state index >= 15 is 0 Å². The number of nitrogens with zero attached hydrogens (tertiary/aromatic N) is 2. The number of aliphatic hydroxyl groups is 2. The number of ether oxygens (including phenoxy) is 2. The SMILES string of the molecule is COc1ccccc1C1/C(=C(\O)c2cccc([N+](=O)[O-])c2)C(=O)C(=O)N1CCOCCO. The van der Waals surface area contributed by atoms with Crippen molar-refractivity contribution in [3.63, 3.8) is 0 Å². The molecule has 1 atom stereocenters. The third kappa shape index (κ3) is 4.46. The first-order valence-corrected chi connectivity index (χ1v) is 9.75. The Morgan fingerprint density at radius 1 is 1.16 bits per heavy atom. The molecule has 0 bridgehead atoms. The Balaban J connectivity index is 2.14. The lowest BCUT2D eigenvalue weighted by atomic mass is 9.94. The largest absolute Gasteiger partial charge is 0.507 e. The number of hydrogen-bond acceptors (Lipinski definition) is 8. The van der Waals surface area contributed by atoms with E-state index in [-0.39, 0.29) is 43.2 Å². The molecule has 0 aromatic heterocycles. The smallest absolute Gasteiger partial charge is 0.295 e. The van der Waals surface area contributed by atoms with Crippen molar-refractivity contribution < 1.29 is 34.2 Å². The fourth-order valence-electron chi connectivity index (χ4n) is 3.58. The van der Waals surface area contributed by atoms with Gasteiger partial charge in [0.1, 0.15) is 11.5 Å². The second-order valence-corrected chi connectivity index (χ2v) is 6.88. The molecule has 0 aliphatic carbocycles. The first kappa shape index (κ1) is 22.9. The summed E-state index contributed by atoms with van der Waals surface area (Å²) in [5, 5.41) is 31.0. The van der Waals surface area contributed by atoms with E-state index in [9.17, 15) is 24.8 Å². The molecular weight excluding hydrogens is 420 g/mol. The molecule has 10 nitrogen and oxygen atoms in total. The number of ketones is 1. The van der Waals surface area contributed by atoms with E-state index in [4.69, 9.17) is 14.6 Å². The topological polar surface area (TPSA) is 139 Å². The maximum Gasteiger partial charge on any atom is 0.295 e. The Kier molecular flexibility index (Phi) is 7.18. The van der Waals surface area contributed by atoms with Gasteiger partial charge >= 0.3 is 0 Å². The standard InChI is InChI=1S/C22H22N2O8/c1-31-17-8-3-2-7-16(17)19-18(20(26)14-5-4-6-15(13-14)24(29)30)21(27)22(28)23(19)9-11-32-12-10-25/h2-8,13,19,25-26H,9-12H2,1H3/b20-18+. The number of Topliss-reactive ketones (excluding diaryl/α,β-unsaturated/α-hetero) is 1. The number of nitro groups is 1. The lowest BCUT2D eigenvalue weighted by Crippen LogP contribution is -2.33. The zero-order chi connectivity index (χ0) is 23.3. The average Bonchev–Trinajstić information content (AvgIpc) is 3.06. The van der Waals surface area contributed by atoms with E-state index in [0.717, 1.165) is 6.07 Å². The molecule has 1 aliphatic heterocycles. The summed E-state index contributed by atoms with van der Waals surface area (Å²) in [6, 6.07) is 10.9. The molecule has 2 aromatic rings. The quantitative estimate of drug-likeness (QED) is 0.150. The van der Waals surface area contributed by atoms with Crippen molar-refractivity contribution >= 4 is 23.1 Å². The van der Waals surface area contributed by atoms with Gasteiger partial charge in [-0.05, 0) is 6.07 Å². The number of likely N-dealkylation sites (tertiary alicyclic amines) is 1. The highest BCUT2D eigenvalue weighted by molar-refractivity contribution is 6.46. The van der Waals surface area contributed by atoms with Gasteiger partial charge in [-0.3, -0.25) is 19.7 Å². The number of non-ortho nitro benzene ring substituents is 1. The Hall–Kier alpha value is -3.76. The summed E-state index contributed by atoms with van der Waals surface area (Å²) in [6.45, 7) is -0.0619. The van der Waals surface area contributed by atoms with E-state index in [1.165, 1.54) is 30.2 Å². The van der Waals surface area contributed by atoms with Crippen molar-refractivity contribution in [2.75, 3.05) is 33.5 Å². The molecule has 1 heterocycles. The zero-order valence-corrected chi connectivity index (χ0v) is 17.3. The third-order valence-corrected chi connectivity index (χ3v) is 5.02. The first-order chi connectivity index (χ1) is 15.4. The third-order valence-electron chi connectivity index (χ3n) is 5.02. The molecule has 10 heteroatoms. The van der Waals surface area contributed by atoms with Gasteiger partial charge < -0.3 is 24.6 Å². The van der Waals surface area contributed by atoms with Crippen LogP contribution in [-0.4, -0.2) is 65.2 Å². The number of hydrogen-bond donors (Lipinski definition) is 2. The minimum atomic E-state index is -0.997. The predicted molar refractivity (Wildman–Crippen MR) is 113 cm³/mol. The fraction of sp³-hybridized carbons (Fsp3) is 0.273. The molecule has 1 aliphatic rings. The molecule has 168 valence electrons. The van der Waals surface area contributed by atoms with Crippen LogP contribution in [0.4, 0.5) is 5.69 Å². The van der Waals surface area contributed by atoms with Crippen molar-refractivity contribution in [3.8, 4) is 5.75 Å². The number of aliphatic hydroxyl groups excluding tert-OH is 2. The lowest BCUT2D eigenvalue weighted by molar-refractivity contribution is -0.384. The van der Waals surface area contributed by atoms with Crippen LogP contribution < -0.4 is 4.74 Å². The molecule has 2 aromatic carbocycles. The van der Waals surface area contributed by atoms with Crippen molar-refractivity contribution in [1.82, 2.24) is 4.90 Å². The van der Waals surface area contributed by atoms with Gasteiger partial charge in [-0.1, -0.05) is 30.3 Å². The average molecular weight is 442 g/mol. The molecule has 3 rings (SSSR count). The van der Waals surface area contributed by atoms with Gasteiger partial charge in [0, 0.05) is 29.8 Å². The normalized spacial score (nSPS) is 17.6. The minimum Gasteiger partial charge on any atom is -0.507 e. The van der Waals surface area contributed by atoms with E-state index < -0.39 is 28.4 Å². The maximum absolute atomic E-state index is 13.0. The van der Waals surface area contributed by atoms with Gasteiger partial charge in [-0.25, -0.2) is 0 Å². The van der Waals surface area contributed by atoms with Crippen LogP contribution in [-0.2, 0) is 14.3 Å². The lowest BCUT2D eigenvalue weighted by Gasteiger charge is -2.26. The van der Waals surface area contributed by atoms with Crippen molar-refractivity contribution in [2.45, 2.75) is 6.04 Å². The molecule has 1 unspecified atom stereocenters. The molecule has 0 saturated carbocycles. The highest BCUT2D eigenvalue weighted by Crippen LogP contribution is 2.42. The van der Waals surface area contributed by atoms with Gasteiger partial charge in [0.2, 0.25) is 0 Å². The summed E-state index contributed by atoms with van der Waals surface area (Å²) in [7, 11) is 1.44. The van der Waals surface area contributed by atoms with E-state index in [1.54, 1.807) is 24.3 Å². The summed E-state index contributed by atoms with van der Waals surface area (Å²) in [5.74, 6) is -1.90. The van der Waals surface area contributed by atoms with Gasteiger partial charge in [0.05, 0.1) is 43.5 Å². The van der Waals surface area contributed by atoms with Gasteiger partial charge in [-0.15, -0.1) is 0 Å². The second-order valence-electron chi connectivity index (χ2n) is 6.88. The number of amides is 1. The molecule has 1 amide bonds. The molecule has 0 radical (unpaired) electrons. The van der Waals surface area contributed by atoms with E-state index in [0.29, 0.717) is 11.3 Å².